The molecular formula is C15H14ClFN2O2. The Bertz CT molecular complexity index is 644. The summed E-state index contributed by atoms with van der Waals surface area (Å²) < 4.78 is 19.2. The molecule has 6 heteroatoms. The van der Waals surface area contributed by atoms with Crippen molar-refractivity contribution in [2.75, 3.05) is 12.4 Å². The largest absolute Gasteiger partial charge is 0.495 e. The maximum absolute atomic E-state index is 14.0. The number of anilines is 1. The molecule has 1 atom stereocenters. The predicted molar refractivity (Wildman–Crippen MR) is 80.0 cm³/mol. The minimum atomic E-state index is -1.10. The minimum Gasteiger partial charge on any atom is -0.495 e. The fourth-order valence-corrected chi connectivity index (χ4v) is 2.26. The van der Waals surface area contributed by atoms with Crippen LogP contribution in [-0.4, -0.2) is 13.0 Å². The van der Waals surface area contributed by atoms with Gasteiger partial charge in [0.1, 0.15) is 17.6 Å². The van der Waals surface area contributed by atoms with Crippen molar-refractivity contribution >= 4 is 23.2 Å². The maximum Gasteiger partial charge on any atom is 0.244 e. The number of para-hydroxylation sites is 2. The zero-order valence-corrected chi connectivity index (χ0v) is 12.0. The number of methoxy groups -OCH3 is 1. The number of rotatable bonds is 5. The highest BCUT2D eigenvalue weighted by atomic mass is 35.5. The van der Waals surface area contributed by atoms with Crippen LogP contribution in [0.2, 0.25) is 5.02 Å². The molecule has 0 aliphatic heterocycles. The molecular weight excluding hydrogens is 295 g/mol. The second-order valence-electron chi connectivity index (χ2n) is 4.32. The molecule has 0 bridgehead atoms. The number of nitrogens with two attached hydrogens (primary N) is 1. The van der Waals surface area contributed by atoms with Gasteiger partial charge in [0.05, 0.1) is 12.8 Å². The number of amides is 1. The third kappa shape index (κ3) is 3.25. The normalized spacial score (nSPS) is 11.8. The van der Waals surface area contributed by atoms with Gasteiger partial charge in [-0.25, -0.2) is 4.39 Å². The molecule has 1 amide bonds. The fraction of sp³-hybridized carbons (Fsp3) is 0.133. The molecule has 2 rings (SSSR count). The number of benzene rings is 2. The van der Waals surface area contributed by atoms with E-state index in [0.29, 0.717) is 11.4 Å². The van der Waals surface area contributed by atoms with Crippen LogP contribution in [0.25, 0.3) is 0 Å². The number of halogens is 2. The number of hydrogen-bond donors (Lipinski definition) is 2. The lowest BCUT2D eigenvalue weighted by molar-refractivity contribution is -0.118. The smallest absolute Gasteiger partial charge is 0.244 e. The second kappa shape index (κ2) is 6.45. The first-order valence-corrected chi connectivity index (χ1v) is 6.55. The molecule has 0 aliphatic rings. The number of ether oxygens (including phenoxy) is 1. The van der Waals surface area contributed by atoms with Crippen molar-refractivity contribution in [2.45, 2.75) is 6.04 Å². The van der Waals surface area contributed by atoms with E-state index in [0.717, 1.165) is 0 Å². The molecule has 3 N–H and O–H groups in total. The lowest BCUT2D eigenvalue weighted by Gasteiger charge is -2.20. The van der Waals surface area contributed by atoms with Gasteiger partial charge in [0, 0.05) is 10.6 Å². The van der Waals surface area contributed by atoms with Gasteiger partial charge < -0.3 is 15.8 Å². The summed E-state index contributed by atoms with van der Waals surface area (Å²) in [7, 11) is 1.50. The van der Waals surface area contributed by atoms with E-state index < -0.39 is 17.8 Å². The van der Waals surface area contributed by atoms with Crippen molar-refractivity contribution in [3.63, 3.8) is 0 Å². The van der Waals surface area contributed by atoms with Crippen LogP contribution < -0.4 is 15.8 Å². The highest BCUT2D eigenvalue weighted by molar-refractivity contribution is 6.31. The Labute approximate surface area is 126 Å². The summed E-state index contributed by atoms with van der Waals surface area (Å²) in [6, 6.07) is 10.0. The van der Waals surface area contributed by atoms with Crippen LogP contribution in [0.3, 0.4) is 0 Å². The topological polar surface area (TPSA) is 64.3 Å². The molecule has 0 spiro atoms. The third-order valence-electron chi connectivity index (χ3n) is 2.98. The van der Waals surface area contributed by atoms with E-state index in [9.17, 15) is 9.18 Å². The summed E-state index contributed by atoms with van der Waals surface area (Å²) >= 11 is 5.99. The van der Waals surface area contributed by atoms with Gasteiger partial charge in [-0.1, -0.05) is 29.8 Å². The first-order chi connectivity index (χ1) is 10.0. The quantitative estimate of drug-likeness (QED) is 0.892. The Morgan fingerprint density at radius 3 is 2.62 bits per heavy atom. The standard InChI is InChI=1S/C15H14ClFN2O2/c1-21-12-8-3-2-7-11(12)19-14(15(18)20)13-9(16)5-4-6-10(13)17/h2-8,14,19H,1H3,(H2,18,20). The number of nitrogens with one attached hydrogen (secondary N) is 1. The van der Waals surface area contributed by atoms with E-state index in [1.807, 2.05) is 0 Å². The van der Waals surface area contributed by atoms with Gasteiger partial charge in [-0.2, -0.15) is 0 Å². The minimum absolute atomic E-state index is 0.0116. The molecule has 4 nitrogen and oxygen atoms in total. The van der Waals surface area contributed by atoms with E-state index in [1.165, 1.54) is 25.3 Å². The average molecular weight is 309 g/mol. The van der Waals surface area contributed by atoms with Gasteiger partial charge in [0.15, 0.2) is 0 Å². The number of hydrogen-bond acceptors (Lipinski definition) is 3. The van der Waals surface area contributed by atoms with Crippen LogP contribution in [0.5, 0.6) is 5.75 Å². The van der Waals surface area contributed by atoms with Crippen molar-refractivity contribution in [3.05, 3.63) is 58.9 Å². The molecule has 0 aromatic heterocycles. The Morgan fingerprint density at radius 1 is 1.29 bits per heavy atom. The van der Waals surface area contributed by atoms with E-state index in [1.54, 1.807) is 24.3 Å². The summed E-state index contributed by atoms with van der Waals surface area (Å²) in [6.07, 6.45) is 0. The Morgan fingerprint density at radius 2 is 2.00 bits per heavy atom. The predicted octanol–water partition coefficient (Wildman–Crippen LogP) is 3.13. The van der Waals surface area contributed by atoms with Crippen molar-refractivity contribution in [1.29, 1.82) is 0 Å². The van der Waals surface area contributed by atoms with E-state index in [2.05, 4.69) is 5.32 Å². The molecule has 2 aromatic rings. The molecule has 0 saturated carbocycles. The maximum atomic E-state index is 14.0. The first kappa shape index (κ1) is 15.1. The number of carbonyl (C=O) groups is 1. The van der Waals surface area contributed by atoms with Crippen molar-refractivity contribution in [2.24, 2.45) is 5.73 Å². The van der Waals surface area contributed by atoms with Gasteiger partial charge in [-0.05, 0) is 24.3 Å². The molecule has 0 fully saturated rings. The molecule has 2 aromatic carbocycles. The molecule has 1 unspecified atom stereocenters. The summed E-state index contributed by atoms with van der Waals surface area (Å²) in [5.74, 6) is -0.835. The summed E-state index contributed by atoms with van der Waals surface area (Å²) in [4.78, 5) is 11.7. The SMILES string of the molecule is COc1ccccc1NC(C(N)=O)c1c(F)cccc1Cl. The van der Waals surface area contributed by atoms with Crippen LogP contribution in [0, 0.1) is 5.82 Å². The van der Waals surface area contributed by atoms with Crippen LogP contribution in [-0.2, 0) is 4.79 Å². The van der Waals surface area contributed by atoms with Gasteiger partial charge in [0.2, 0.25) is 5.91 Å². The van der Waals surface area contributed by atoms with E-state index >= 15 is 0 Å². The molecule has 110 valence electrons. The Balaban J connectivity index is 2.43. The molecule has 0 saturated heterocycles. The van der Waals surface area contributed by atoms with Gasteiger partial charge in [0.25, 0.3) is 0 Å². The lowest BCUT2D eigenvalue weighted by atomic mass is 10.0. The van der Waals surface area contributed by atoms with Crippen LogP contribution in [0.15, 0.2) is 42.5 Å². The van der Waals surface area contributed by atoms with Crippen molar-refractivity contribution in [1.82, 2.24) is 0 Å². The zero-order chi connectivity index (χ0) is 15.4. The monoisotopic (exact) mass is 308 g/mol. The Kier molecular flexibility index (Phi) is 4.65. The zero-order valence-electron chi connectivity index (χ0n) is 11.3. The molecule has 0 heterocycles. The van der Waals surface area contributed by atoms with Gasteiger partial charge >= 0.3 is 0 Å². The lowest BCUT2D eigenvalue weighted by Crippen LogP contribution is -2.29. The third-order valence-corrected chi connectivity index (χ3v) is 3.31. The summed E-state index contributed by atoms with van der Waals surface area (Å²) in [5, 5.41) is 3.00. The highest BCUT2D eigenvalue weighted by Gasteiger charge is 2.24. The van der Waals surface area contributed by atoms with Crippen LogP contribution in [0.4, 0.5) is 10.1 Å². The van der Waals surface area contributed by atoms with Crippen LogP contribution in [0.1, 0.15) is 11.6 Å². The number of primary amides is 1. The number of carbonyl (C=O) groups excluding carboxylic acids is 1. The molecule has 0 aliphatic carbocycles. The summed E-state index contributed by atoms with van der Waals surface area (Å²) in [6.45, 7) is 0. The van der Waals surface area contributed by atoms with E-state index in [4.69, 9.17) is 22.1 Å². The van der Waals surface area contributed by atoms with Gasteiger partial charge in [-0.3, -0.25) is 4.79 Å². The van der Waals surface area contributed by atoms with E-state index in [-0.39, 0.29) is 10.6 Å². The van der Waals surface area contributed by atoms with Crippen molar-refractivity contribution < 1.29 is 13.9 Å². The van der Waals surface area contributed by atoms with Crippen LogP contribution >= 0.6 is 11.6 Å². The van der Waals surface area contributed by atoms with Gasteiger partial charge in [-0.15, -0.1) is 0 Å². The fourth-order valence-electron chi connectivity index (χ4n) is 1.99. The first-order valence-electron chi connectivity index (χ1n) is 6.17. The Hall–Kier alpha value is -2.27. The second-order valence-corrected chi connectivity index (χ2v) is 4.72. The average Bonchev–Trinajstić information content (AvgIpc) is 2.46. The molecule has 0 radical (unpaired) electrons. The van der Waals surface area contributed by atoms with Crippen molar-refractivity contribution in [3.8, 4) is 5.75 Å². The molecule has 21 heavy (non-hydrogen) atoms. The highest BCUT2D eigenvalue weighted by Crippen LogP contribution is 2.32. The summed E-state index contributed by atoms with van der Waals surface area (Å²) in [5.41, 5.74) is 5.91.